The second-order valence-electron chi connectivity index (χ2n) is 12.5. The molecule has 5 nitrogen and oxygen atoms in total. The first-order chi connectivity index (χ1) is 18.5. The van der Waals surface area contributed by atoms with Crippen molar-refractivity contribution in [3.05, 3.63) is 0 Å². The first-order valence-corrected chi connectivity index (χ1v) is 16.9. The van der Waals surface area contributed by atoms with Crippen LogP contribution in [-0.2, 0) is 9.47 Å². The van der Waals surface area contributed by atoms with Crippen LogP contribution in [0.25, 0.3) is 0 Å². The zero-order chi connectivity index (χ0) is 27.4. The lowest BCUT2D eigenvalue weighted by molar-refractivity contribution is -0.110. The van der Waals surface area contributed by atoms with Gasteiger partial charge in [0.15, 0.2) is 0 Å². The SMILES string of the molecule is CCCCCCCCCCCCCC(O)C1CCC(C2CCC(C(O)CCCCCC(O)CCCC)O2)O1. The van der Waals surface area contributed by atoms with Gasteiger partial charge in [0, 0.05) is 0 Å². The molecule has 3 N–H and O–H groups in total. The number of hydrogen-bond donors (Lipinski definition) is 3. The van der Waals surface area contributed by atoms with Gasteiger partial charge in [0.2, 0.25) is 0 Å². The second-order valence-corrected chi connectivity index (χ2v) is 12.5. The van der Waals surface area contributed by atoms with E-state index in [1.165, 1.54) is 64.2 Å². The highest BCUT2D eigenvalue weighted by molar-refractivity contribution is 4.89. The van der Waals surface area contributed by atoms with E-state index in [9.17, 15) is 15.3 Å². The van der Waals surface area contributed by atoms with Gasteiger partial charge in [0.05, 0.1) is 42.7 Å². The summed E-state index contributed by atoms with van der Waals surface area (Å²) >= 11 is 0. The summed E-state index contributed by atoms with van der Waals surface area (Å²) in [6.07, 6.45) is 26.1. The Morgan fingerprint density at radius 1 is 0.474 bits per heavy atom. The van der Waals surface area contributed by atoms with Crippen molar-refractivity contribution in [2.24, 2.45) is 0 Å². The van der Waals surface area contributed by atoms with Crippen LogP contribution in [0.4, 0.5) is 0 Å². The Morgan fingerprint density at radius 2 is 0.842 bits per heavy atom. The van der Waals surface area contributed by atoms with Crippen LogP contribution in [0.3, 0.4) is 0 Å². The van der Waals surface area contributed by atoms with Crippen molar-refractivity contribution in [2.75, 3.05) is 0 Å². The molecule has 2 aliphatic heterocycles. The molecule has 0 radical (unpaired) electrons. The maximum atomic E-state index is 10.7. The number of hydrogen-bond acceptors (Lipinski definition) is 5. The summed E-state index contributed by atoms with van der Waals surface area (Å²) in [5.74, 6) is 0. The number of rotatable bonds is 24. The van der Waals surface area contributed by atoms with E-state index < -0.39 is 6.10 Å². The molecule has 7 atom stereocenters. The van der Waals surface area contributed by atoms with Gasteiger partial charge in [-0.3, -0.25) is 0 Å². The van der Waals surface area contributed by atoms with Crippen molar-refractivity contribution in [1.82, 2.24) is 0 Å². The van der Waals surface area contributed by atoms with Gasteiger partial charge in [-0.05, 0) is 51.4 Å². The van der Waals surface area contributed by atoms with E-state index in [0.29, 0.717) is 0 Å². The number of aliphatic hydroxyl groups is 3. The van der Waals surface area contributed by atoms with E-state index in [0.717, 1.165) is 89.9 Å². The predicted molar refractivity (Wildman–Crippen MR) is 157 cm³/mol. The average molecular weight is 541 g/mol. The molecule has 2 fully saturated rings. The number of aliphatic hydroxyl groups excluding tert-OH is 3. The quantitative estimate of drug-likeness (QED) is 0.108. The van der Waals surface area contributed by atoms with E-state index in [4.69, 9.17) is 9.47 Å². The Balaban J connectivity index is 1.48. The van der Waals surface area contributed by atoms with E-state index in [2.05, 4.69) is 13.8 Å². The maximum Gasteiger partial charge on any atom is 0.0842 e. The highest BCUT2D eigenvalue weighted by atomic mass is 16.6. The highest BCUT2D eigenvalue weighted by Crippen LogP contribution is 2.34. The average Bonchev–Trinajstić information content (AvgIpc) is 3.60. The summed E-state index contributed by atoms with van der Waals surface area (Å²) in [7, 11) is 0. The van der Waals surface area contributed by atoms with Gasteiger partial charge in [0.1, 0.15) is 0 Å². The molecule has 0 saturated carbocycles. The first-order valence-electron chi connectivity index (χ1n) is 16.9. The van der Waals surface area contributed by atoms with Crippen molar-refractivity contribution in [1.29, 1.82) is 0 Å². The van der Waals surface area contributed by atoms with Crippen LogP contribution in [0.2, 0.25) is 0 Å². The Morgan fingerprint density at radius 3 is 1.32 bits per heavy atom. The molecule has 0 spiro atoms. The van der Waals surface area contributed by atoms with Gasteiger partial charge >= 0.3 is 0 Å². The molecular formula is C33H64O5. The fourth-order valence-corrected chi connectivity index (χ4v) is 6.38. The van der Waals surface area contributed by atoms with Crippen molar-refractivity contribution < 1.29 is 24.8 Å². The Bertz CT molecular complexity index is 543. The van der Waals surface area contributed by atoms with Crippen LogP contribution in [0.15, 0.2) is 0 Å². The molecule has 0 aliphatic carbocycles. The van der Waals surface area contributed by atoms with E-state index in [1.807, 2.05) is 0 Å². The molecule has 0 amide bonds. The lowest BCUT2D eigenvalue weighted by Crippen LogP contribution is -2.33. The standard InChI is InChI=1S/C33H64O5/c1-3-5-7-8-9-10-11-12-13-14-17-21-28(35)30-23-25-32(37-30)33-26-24-31(38-33)29(36)22-18-15-16-20-27(34)19-6-4-2/h27-36H,3-26H2,1-2H3. The molecule has 0 aromatic heterocycles. The normalized spacial score (nSPS) is 26.1. The minimum Gasteiger partial charge on any atom is -0.393 e. The molecule has 7 unspecified atom stereocenters. The molecule has 0 aromatic carbocycles. The minimum atomic E-state index is -0.408. The molecule has 2 heterocycles. The lowest BCUT2D eigenvalue weighted by atomic mass is 10.00. The summed E-state index contributed by atoms with van der Waals surface area (Å²) in [6.45, 7) is 4.43. The van der Waals surface area contributed by atoms with Crippen LogP contribution in [0, 0.1) is 0 Å². The monoisotopic (exact) mass is 540 g/mol. The second kappa shape index (κ2) is 21.5. The summed E-state index contributed by atoms with van der Waals surface area (Å²) in [6, 6.07) is 0. The largest absolute Gasteiger partial charge is 0.393 e. The van der Waals surface area contributed by atoms with Gasteiger partial charge in [-0.1, -0.05) is 117 Å². The molecule has 2 rings (SSSR count). The van der Waals surface area contributed by atoms with Crippen LogP contribution < -0.4 is 0 Å². The molecular weight excluding hydrogens is 476 g/mol. The molecule has 38 heavy (non-hydrogen) atoms. The van der Waals surface area contributed by atoms with E-state index in [-0.39, 0.29) is 36.6 Å². The third-order valence-electron chi connectivity index (χ3n) is 8.98. The molecule has 2 aliphatic rings. The molecule has 2 saturated heterocycles. The molecule has 5 heteroatoms. The van der Waals surface area contributed by atoms with Gasteiger partial charge in [0.25, 0.3) is 0 Å². The van der Waals surface area contributed by atoms with Crippen molar-refractivity contribution in [3.8, 4) is 0 Å². The van der Waals surface area contributed by atoms with Gasteiger partial charge in [-0.2, -0.15) is 0 Å². The predicted octanol–water partition coefficient (Wildman–Crippen LogP) is 8.01. The Kier molecular flexibility index (Phi) is 19.3. The smallest absolute Gasteiger partial charge is 0.0842 e. The topological polar surface area (TPSA) is 79.2 Å². The molecule has 226 valence electrons. The number of ether oxygens (including phenoxy) is 2. The van der Waals surface area contributed by atoms with Gasteiger partial charge in [-0.25, -0.2) is 0 Å². The van der Waals surface area contributed by atoms with Crippen molar-refractivity contribution >= 4 is 0 Å². The highest BCUT2D eigenvalue weighted by Gasteiger charge is 2.40. The third-order valence-corrected chi connectivity index (χ3v) is 8.98. The van der Waals surface area contributed by atoms with Gasteiger partial charge < -0.3 is 24.8 Å². The molecule has 0 aromatic rings. The fraction of sp³-hybridized carbons (Fsp3) is 1.00. The Labute approximate surface area is 235 Å². The zero-order valence-corrected chi connectivity index (χ0v) is 25.2. The summed E-state index contributed by atoms with van der Waals surface area (Å²) in [4.78, 5) is 0. The van der Waals surface area contributed by atoms with Crippen molar-refractivity contribution in [3.63, 3.8) is 0 Å². The van der Waals surface area contributed by atoms with Crippen LogP contribution in [0.5, 0.6) is 0 Å². The third kappa shape index (κ3) is 14.4. The van der Waals surface area contributed by atoms with E-state index in [1.54, 1.807) is 0 Å². The fourth-order valence-electron chi connectivity index (χ4n) is 6.38. The lowest BCUT2D eigenvalue weighted by Gasteiger charge is -2.24. The number of unbranched alkanes of at least 4 members (excludes halogenated alkanes) is 13. The van der Waals surface area contributed by atoms with Crippen molar-refractivity contribution in [2.45, 2.75) is 211 Å². The zero-order valence-electron chi connectivity index (χ0n) is 25.2. The summed E-state index contributed by atoms with van der Waals surface area (Å²) < 4.78 is 12.5. The van der Waals surface area contributed by atoms with Crippen LogP contribution in [0.1, 0.15) is 168 Å². The van der Waals surface area contributed by atoms with Crippen LogP contribution >= 0.6 is 0 Å². The van der Waals surface area contributed by atoms with Crippen LogP contribution in [-0.4, -0.2) is 58.0 Å². The minimum absolute atomic E-state index is 0.0524. The Hall–Kier alpha value is -0.200. The molecule has 0 bridgehead atoms. The first kappa shape index (κ1) is 34.0. The van der Waals surface area contributed by atoms with Gasteiger partial charge in [-0.15, -0.1) is 0 Å². The summed E-state index contributed by atoms with van der Waals surface area (Å²) in [5.41, 5.74) is 0. The summed E-state index contributed by atoms with van der Waals surface area (Å²) in [5, 5.41) is 31.3. The van der Waals surface area contributed by atoms with E-state index >= 15 is 0 Å². The maximum absolute atomic E-state index is 10.7.